The molecule has 3 nitrogen and oxygen atoms in total. The summed E-state index contributed by atoms with van der Waals surface area (Å²) in [4.78, 5) is 14.5. The highest BCUT2D eigenvalue weighted by Crippen LogP contribution is 2.18. The maximum absolute atomic E-state index is 12.7. The molecule has 0 aliphatic heterocycles. The van der Waals surface area contributed by atoms with Gasteiger partial charge in [-0.15, -0.1) is 0 Å². The molecule has 2 aromatic rings. The largest absolute Gasteiger partial charge is 0.398 e. The van der Waals surface area contributed by atoms with Gasteiger partial charge in [0, 0.05) is 23.8 Å². The second-order valence-corrected chi connectivity index (χ2v) is 5.59. The molecule has 0 fully saturated rings. The van der Waals surface area contributed by atoms with E-state index in [1.165, 1.54) is 0 Å². The molecular weight excluding hydrogens is 260 g/mol. The molecule has 21 heavy (non-hydrogen) atoms. The first-order chi connectivity index (χ1) is 9.99. The van der Waals surface area contributed by atoms with Crippen LogP contribution in [-0.2, 0) is 6.54 Å². The molecule has 2 aromatic carbocycles. The number of nitrogen functional groups attached to an aromatic ring is 1. The van der Waals surface area contributed by atoms with Crippen LogP contribution in [0.1, 0.15) is 35.3 Å². The summed E-state index contributed by atoms with van der Waals surface area (Å²) in [5.74, 6) is 0.0354. The zero-order chi connectivity index (χ0) is 15.4. The van der Waals surface area contributed by atoms with Crippen LogP contribution in [0.15, 0.2) is 48.5 Å². The van der Waals surface area contributed by atoms with E-state index in [9.17, 15) is 4.79 Å². The third-order valence-electron chi connectivity index (χ3n) is 3.58. The van der Waals surface area contributed by atoms with E-state index >= 15 is 0 Å². The Balaban J connectivity index is 2.25. The molecule has 0 saturated heterocycles. The predicted octanol–water partition coefficient (Wildman–Crippen LogP) is 3.63. The van der Waals surface area contributed by atoms with Crippen LogP contribution < -0.4 is 5.73 Å². The van der Waals surface area contributed by atoms with Crippen LogP contribution in [0.25, 0.3) is 0 Å². The highest BCUT2D eigenvalue weighted by molar-refractivity contribution is 5.94. The minimum atomic E-state index is 0.0354. The van der Waals surface area contributed by atoms with E-state index in [-0.39, 0.29) is 11.9 Å². The SMILES string of the molecule is Cc1ccc(C(=O)N(Cc2ccccc2N)C(C)C)cc1. The van der Waals surface area contributed by atoms with E-state index in [2.05, 4.69) is 0 Å². The maximum Gasteiger partial charge on any atom is 0.254 e. The van der Waals surface area contributed by atoms with Crippen molar-refractivity contribution in [2.45, 2.75) is 33.4 Å². The Bertz CT molecular complexity index is 617. The van der Waals surface area contributed by atoms with Crippen LogP contribution in [0.5, 0.6) is 0 Å². The molecule has 0 radical (unpaired) electrons. The van der Waals surface area contributed by atoms with Gasteiger partial charge in [0.1, 0.15) is 0 Å². The average Bonchev–Trinajstić information content (AvgIpc) is 2.46. The number of para-hydroxylation sites is 1. The average molecular weight is 282 g/mol. The van der Waals surface area contributed by atoms with Crippen LogP contribution in [0.2, 0.25) is 0 Å². The smallest absolute Gasteiger partial charge is 0.254 e. The number of amides is 1. The molecule has 0 bridgehead atoms. The summed E-state index contributed by atoms with van der Waals surface area (Å²) in [6.45, 7) is 6.58. The van der Waals surface area contributed by atoms with Crippen molar-refractivity contribution in [1.82, 2.24) is 4.90 Å². The first kappa shape index (κ1) is 15.1. The van der Waals surface area contributed by atoms with Gasteiger partial charge in [-0.05, 0) is 44.5 Å². The van der Waals surface area contributed by atoms with Crippen molar-refractivity contribution in [2.24, 2.45) is 0 Å². The summed E-state index contributed by atoms with van der Waals surface area (Å²) < 4.78 is 0. The summed E-state index contributed by atoms with van der Waals surface area (Å²) in [5, 5.41) is 0. The lowest BCUT2D eigenvalue weighted by molar-refractivity contribution is 0.0691. The van der Waals surface area contributed by atoms with Crippen LogP contribution >= 0.6 is 0 Å². The summed E-state index contributed by atoms with van der Waals surface area (Å²) in [7, 11) is 0. The van der Waals surface area contributed by atoms with Crippen LogP contribution in [0.3, 0.4) is 0 Å². The number of anilines is 1. The molecule has 3 heteroatoms. The predicted molar refractivity (Wildman–Crippen MR) is 87.0 cm³/mol. The topological polar surface area (TPSA) is 46.3 Å². The molecule has 0 saturated carbocycles. The van der Waals surface area contributed by atoms with Crippen LogP contribution in [0, 0.1) is 6.92 Å². The monoisotopic (exact) mass is 282 g/mol. The van der Waals surface area contributed by atoms with Gasteiger partial charge < -0.3 is 10.6 Å². The minimum absolute atomic E-state index is 0.0354. The molecular formula is C18H22N2O. The second-order valence-electron chi connectivity index (χ2n) is 5.59. The van der Waals surface area contributed by atoms with E-state index in [0.717, 1.165) is 16.8 Å². The van der Waals surface area contributed by atoms with Crippen molar-refractivity contribution in [3.05, 3.63) is 65.2 Å². The Morgan fingerprint density at radius 3 is 2.29 bits per heavy atom. The molecule has 0 spiro atoms. The van der Waals surface area contributed by atoms with E-state index < -0.39 is 0 Å². The van der Waals surface area contributed by atoms with Crippen molar-refractivity contribution < 1.29 is 4.79 Å². The highest BCUT2D eigenvalue weighted by Gasteiger charge is 2.19. The standard InChI is InChI=1S/C18H22N2O/c1-13(2)20(12-16-6-4-5-7-17(16)19)18(21)15-10-8-14(3)9-11-15/h4-11,13H,12,19H2,1-3H3. The van der Waals surface area contributed by atoms with E-state index in [1.807, 2.05) is 74.2 Å². The Kier molecular flexibility index (Phi) is 4.63. The first-order valence-electron chi connectivity index (χ1n) is 7.20. The lowest BCUT2D eigenvalue weighted by Crippen LogP contribution is -2.36. The molecule has 110 valence electrons. The van der Waals surface area contributed by atoms with Crippen LogP contribution in [0.4, 0.5) is 5.69 Å². The van der Waals surface area contributed by atoms with E-state index in [1.54, 1.807) is 0 Å². The molecule has 2 N–H and O–H groups in total. The summed E-state index contributed by atoms with van der Waals surface area (Å²) in [6.07, 6.45) is 0. The molecule has 0 aliphatic carbocycles. The van der Waals surface area contributed by atoms with Crippen LogP contribution in [-0.4, -0.2) is 16.8 Å². The summed E-state index contributed by atoms with van der Waals surface area (Å²) in [6, 6.07) is 15.5. The number of carbonyl (C=O) groups is 1. The lowest BCUT2D eigenvalue weighted by Gasteiger charge is -2.27. The number of carbonyl (C=O) groups excluding carboxylic acids is 1. The number of aryl methyl sites for hydroxylation is 1. The number of nitrogens with zero attached hydrogens (tertiary/aromatic N) is 1. The normalized spacial score (nSPS) is 10.7. The maximum atomic E-state index is 12.7. The Morgan fingerprint density at radius 1 is 1.10 bits per heavy atom. The Hall–Kier alpha value is -2.29. The van der Waals surface area contributed by atoms with Gasteiger partial charge in [0.25, 0.3) is 5.91 Å². The first-order valence-corrected chi connectivity index (χ1v) is 7.20. The molecule has 0 unspecified atom stereocenters. The number of rotatable bonds is 4. The zero-order valence-electron chi connectivity index (χ0n) is 12.8. The fourth-order valence-electron chi connectivity index (χ4n) is 2.21. The number of hydrogen-bond donors (Lipinski definition) is 1. The molecule has 0 aromatic heterocycles. The molecule has 1 amide bonds. The van der Waals surface area contributed by atoms with E-state index in [4.69, 9.17) is 5.73 Å². The number of benzene rings is 2. The van der Waals surface area contributed by atoms with Gasteiger partial charge >= 0.3 is 0 Å². The fraction of sp³-hybridized carbons (Fsp3) is 0.278. The molecule has 0 atom stereocenters. The summed E-state index contributed by atoms with van der Waals surface area (Å²) >= 11 is 0. The van der Waals surface area contributed by atoms with E-state index in [0.29, 0.717) is 12.1 Å². The Labute approximate surface area is 126 Å². The molecule has 0 heterocycles. The minimum Gasteiger partial charge on any atom is -0.398 e. The molecule has 0 aliphatic rings. The van der Waals surface area contributed by atoms with Crippen molar-refractivity contribution in [3.63, 3.8) is 0 Å². The lowest BCUT2D eigenvalue weighted by atomic mass is 10.1. The zero-order valence-corrected chi connectivity index (χ0v) is 12.8. The van der Waals surface area contributed by atoms with Gasteiger partial charge in [-0.2, -0.15) is 0 Å². The number of hydrogen-bond acceptors (Lipinski definition) is 2. The third-order valence-corrected chi connectivity index (χ3v) is 3.58. The van der Waals surface area contributed by atoms with Gasteiger partial charge in [0.15, 0.2) is 0 Å². The van der Waals surface area contributed by atoms with Gasteiger partial charge in [-0.25, -0.2) is 0 Å². The van der Waals surface area contributed by atoms with Crippen molar-refractivity contribution >= 4 is 11.6 Å². The molecule has 2 rings (SSSR count). The Morgan fingerprint density at radius 2 is 1.71 bits per heavy atom. The van der Waals surface area contributed by atoms with Gasteiger partial charge in [-0.1, -0.05) is 35.9 Å². The summed E-state index contributed by atoms with van der Waals surface area (Å²) in [5.41, 5.74) is 9.55. The fourth-order valence-corrected chi connectivity index (χ4v) is 2.21. The third kappa shape index (κ3) is 3.63. The van der Waals surface area contributed by atoms with Gasteiger partial charge in [-0.3, -0.25) is 4.79 Å². The quantitative estimate of drug-likeness (QED) is 0.870. The number of nitrogens with two attached hydrogens (primary N) is 1. The highest BCUT2D eigenvalue weighted by atomic mass is 16.2. The van der Waals surface area contributed by atoms with Crippen molar-refractivity contribution in [3.8, 4) is 0 Å². The van der Waals surface area contributed by atoms with Crippen molar-refractivity contribution in [1.29, 1.82) is 0 Å². The van der Waals surface area contributed by atoms with Crippen molar-refractivity contribution in [2.75, 3.05) is 5.73 Å². The van der Waals surface area contributed by atoms with Gasteiger partial charge in [0.2, 0.25) is 0 Å². The second kappa shape index (κ2) is 6.44. The van der Waals surface area contributed by atoms with Gasteiger partial charge in [0.05, 0.1) is 0 Å².